The molecule has 0 aliphatic carbocycles. The van der Waals surface area contributed by atoms with Gasteiger partial charge in [-0.1, -0.05) is 36.9 Å². The number of hydrogen-bond donors (Lipinski definition) is 1. The van der Waals surface area contributed by atoms with Crippen molar-refractivity contribution in [2.75, 3.05) is 20.1 Å². The fraction of sp³-hybridized carbons (Fsp3) is 0.200. The molecule has 10 heteroatoms. The molecule has 0 spiro atoms. The lowest BCUT2D eigenvalue weighted by Crippen LogP contribution is -2.45. The second-order valence-electron chi connectivity index (χ2n) is 5.93. The Labute approximate surface area is 180 Å². The Hall–Kier alpha value is -3.04. The smallest absolute Gasteiger partial charge is 0.354 e. The molecule has 1 amide bonds. The van der Waals surface area contributed by atoms with Crippen LogP contribution in [0.25, 0.3) is 0 Å². The van der Waals surface area contributed by atoms with Gasteiger partial charge in [0.2, 0.25) is 5.91 Å². The summed E-state index contributed by atoms with van der Waals surface area (Å²) >= 11 is 5.61. The van der Waals surface area contributed by atoms with Gasteiger partial charge in [0.15, 0.2) is 0 Å². The molecule has 160 valence electrons. The van der Waals surface area contributed by atoms with Gasteiger partial charge >= 0.3 is 5.97 Å². The van der Waals surface area contributed by atoms with Crippen LogP contribution in [0, 0.1) is 0 Å². The minimum Gasteiger partial charge on any atom is -0.497 e. The number of alkyl halides is 1. The molecule has 0 aromatic heterocycles. The fourth-order valence-electron chi connectivity index (χ4n) is 2.61. The highest BCUT2D eigenvalue weighted by Gasteiger charge is 2.37. The number of nitrogens with zero attached hydrogens (tertiary/aromatic N) is 1. The molecular weight excluding hydrogens is 432 g/mol. The van der Waals surface area contributed by atoms with Gasteiger partial charge < -0.3 is 14.8 Å². The van der Waals surface area contributed by atoms with Crippen molar-refractivity contribution in [1.29, 1.82) is 0 Å². The van der Waals surface area contributed by atoms with Crippen molar-refractivity contribution in [1.82, 2.24) is 9.62 Å². The predicted octanol–water partition coefficient (Wildman–Crippen LogP) is 2.43. The lowest BCUT2D eigenvalue weighted by Gasteiger charge is -2.33. The van der Waals surface area contributed by atoms with E-state index in [2.05, 4.69) is 16.6 Å². The molecule has 1 N–H and O–H groups in total. The van der Waals surface area contributed by atoms with Crippen LogP contribution in [0.2, 0.25) is 0 Å². The van der Waals surface area contributed by atoms with Crippen LogP contribution < -0.4 is 10.1 Å². The summed E-state index contributed by atoms with van der Waals surface area (Å²) < 4.78 is 37.5. The van der Waals surface area contributed by atoms with Crippen LogP contribution in [0.1, 0.15) is 11.7 Å². The van der Waals surface area contributed by atoms with Crippen LogP contribution in [0.5, 0.6) is 5.75 Å². The minimum absolute atomic E-state index is 0.144. The van der Waals surface area contributed by atoms with E-state index in [1.54, 1.807) is 30.3 Å². The molecule has 0 fully saturated rings. The molecule has 0 bridgehead atoms. The Bertz CT molecular complexity index is 1010. The Morgan fingerprint density at radius 3 is 2.20 bits per heavy atom. The molecule has 30 heavy (non-hydrogen) atoms. The lowest BCUT2D eigenvalue weighted by molar-refractivity contribution is -0.138. The van der Waals surface area contributed by atoms with Gasteiger partial charge in [0.05, 0.1) is 19.1 Å². The first-order valence-corrected chi connectivity index (χ1v) is 10.6. The summed E-state index contributed by atoms with van der Waals surface area (Å²) in [6.45, 7) is 3.59. The monoisotopic (exact) mass is 452 g/mol. The highest BCUT2D eigenvalue weighted by Crippen LogP contribution is 2.31. The van der Waals surface area contributed by atoms with Crippen molar-refractivity contribution in [3.63, 3.8) is 0 Å². The van der Waals surface area contributed by atoms with Crippen molar-refractivity contribution >= 4 is 33.5 Å². The highest BCUT2D eigenvalue weighted by molar-refractivity contribution is 7.89. The molecule has 1 atom stereocenters. The summed E-state index contributed by atoms with van der Waals surface area (Å²) in [7, 11) is -1.82. The van der Waals surface area contributed by atoms with E-state index in [1.807, 2.05) is 0 Å². The third-order valence-electron chi connectivity index (χ3n) is 4.07. The zero-order valence-corrected chi connectivity index (χ0v) is 17.9. The van der Waals surface area contributed by atoms with Crippen LogP contribution in [0.3, 0.4) is 0 Å². The van der Waals surface area contributed by atoms with E-state index < -0.39 is 39.6 Å². The third-order valence-corrected chi connectivity index (χ3v) is 6.13. The standard InChI is InChI=1S/C20H21ClN2O6S/c1-14(20(25)29-3)23(30(26,27)17-11-9-16(28-2)10-12-17)19(22-18(24)13-21)15-7-5-4-6-8-15/h4-12,19H,1,13H2,2-3H3,(H,22,24). The van der Waals surface area contributed by atoms with Crippen LogP contribution in [0.15, 0.2) is 71.8 Å². The molecule has 0 saturated carbocycles. The summed E-state index contributed by atoms with van der Waals surface area (Å²) in [5, 5.41) is 2.52. The summed E-state index contributed by atoms with van der Waals surface area (Å²) in [4.78, 5) is 24.2. The van der Waals surface area contributed by atoms with Crippen LogP contribution in [-0.2, 0) is 24.3 Å². The summed E-state index contributed by atoms with van der Waals surface area (Å²) in [5.41, 5.74) is -0.102. The Kier molecular flexibility index (Phi) is 7.85. The number of amides is 1. The maximum absolute atomic E-state index is 13.5. The van der Waals surface area contributed by atoms with Gasteiger partial charge in [0.25, 0.3) is 10.0 Å². The van der Waals surface area contributed by atoms with Gasteiger partial charge in [-0.05, 0) is 29.8 Å². The quantitative estimate of drug-likeness (QED) is 0.271. The van der Waals surface area contributed by atoms with E-state index in [9.17, 15) is 18.0 Å². The van der Waals surface area contributed by atoms with Gasteiger partial charge in [-0.2, -0.15) is 0 Å². The van der Waals surface area contributed by atoms with Crippen LogP contribution >= 0.6 is 11.6 Å². The molecule has 8 nitrogen and oxygen atoms in total. The third kappa shape index (κ3) is 5.11. The number of hydrogen-bond acceptors (Lipinski definition) is 6. The number of sulfonamides is 1. The number of carbonyl (C=O) groups excluding carboxylic acids is 2. The molecular formula is C20H21ClN2O6S. The molecule has 0 saturated heterocycles. The number of rotatable bonds is 9. The zero-order chi connectivity index (χ0) is 22.3. The summed E-state index contributed by atoms with van der Waals surface area (Å²) in [6.07, 6.45) is -1.30. The van der Waals surface area contributed by atoms with E-state index in [-0.39, 0.29) is 4.90 Å². The summed E-state index contributed by atoms with van der Waals surface area (Å²) in [6, 6.07) is 13.8. The Balaban J connectivity index is 2.67. The predicted molar refractivity (Wildman–Crippen MR) is 111 cm³/mol. The average molecular weight is 453 g/mol. The fourth-order valence-corrected chi connectivity index (χ4v) is 4.21. The number of benzene rings is 2. The maximum Gasteiger partial charge on any atom is 0.354 e. The molecule has 2 aromatic carbocycles. The maximum atomic E-state index is 13.5. The highest BCUT2D eigenvalue weighted by atomic mass is 35.5. The van der Waals surface area contributed by atoms with E-state index >= 15 is 0 Å². The molecule has 2 aromatic rings. The number of nitrogens with one attached hydrogen (secondary N) is 1. The second-order valence-corrected chi connectivity index (χ2v) is 8.01. The van der Waals surface area contributed by atoms with E-state index in [1.165, 1.54) is 31.4 Å². The van der Waals surface area contributed by atoms with Gasteiger partial charge in [0.1, 0.15) is 23.5 Å². The lowest BCUT2D eigenvalue weighted by atomic mass is 10.1. The first-order valence-electron chi connectivity index (χ1n) is 8.62. The molecule has 0 aliphatic heterocycles. The van der Waals surface area contributed by atoms with E-state index in [4.69, 9.17) is 16.3 Å². The van der Waals surface area contributed by atoms with E-state index in [0.29, 0.717) is 15.6 Å². The van der Waals surface area contributed by atoms with Crippen LogP contribution in [0.4, 0.5) is 0 Å². The zero-order valence-electron chi connectivity index (χ0n) is 16.4. The van der Waals surface area contributed by atoms with Gasteiger partial charge in [-0.3, -0.25) is 4.79 Å². The second kappa shape index (κ2) is 10.1. The molecule has 0 heterocycles. The number of carbonyl (C=O) groups is 2. The van der Waals surface area contributed by atoms with Gasteiger partial charge in [0, 0.05) is 0 Å². The topological polar surface area (TPSA) is 102 Å². The SMILES string of the molecule is C=C(C(=O)OC)N(C(NC(=O)CCl)c1ccccc1)S(=O)(=O)c1ccc(OC)cc1. The number of ether oxygens (including phenoxy) is 2. The van der Waals surface area contributed by atoms with Crippen LogP contribution in [-0.4, -0.2) is 44.7 Å². The first kappa shape index (κ1) is 23.2. The molecule has 0 radical (unpaired) electrons. The van der Waals surface area contributed by atoms with Crippen molar-refractivity contribution in [2.45, 2.75) is 11.1 Å². The van der Waals surface area contributed by atoms with Gasteiger partial charge in [-0.15, -0.1) is 11.6 Å². The molecule has 1 unspecified atom stereocenters. The Morgan fingerprint density at radius 1 is 1.10 bits per heavy atom. The van der Waals surface area contributed by atoms with Crippen molar-refractivity contribution in [3.8, 4) is 5.75 Å². The summed E-state index contributed by atoms with van der Waals surface area (Å²) in [5.74, 6) is -1.58. The first-order chi connectivity index (χ1) is 14.3. The van der Waals surface area contributed by atoms with Crippen molar-refractivity contribution < 1.29 is 27.5 Å². The number of halogens is 1. The number of esters is 1. The molecule has 0 aliphatic rings. The number of methoxy groups -OCH3 is 2. The van der Waals surface area contributed by atoms with Gasteiger partial charge in [-0.25, -0.2) is 17.5 Å². The Morgan fingerprint density at radius 2 is 1.70 bits per heavy atom. The van der Waals surface area contributed by atoms with Crippen molar-refractivity contribution in [3.05, 3.63) is 72.4 Å². The van der Waals surface area contributed by atoms with Crippen molar-refractivity contribution in [2.24, 2.45) is 0 Å². The van der Waals surface area contributed by atoms with E-state index in [0.717, 1.165) is 7.11 Å². The average Bonchev–Trinajstić information content (AvgIpc) is 2.78. The normalized spacial score (nSPS) is 11.8. The minimum atomic E-state index is -4.36. The molecule has 2 rings (SSSR count). The largest absolute Gasteiger partial charge is 0.497 e.